The quantitative estimate of drug-likeness (QED) is 0.710. The highest BCUT2D eigenvalue weighted by molar-refractivity contribution is 7.88. The molecule has 0 bridgehead atoms. The molecule has 0 saturated heterocycles. The lowest BCUT2D eigenvalue weighted by atomic mass is 10.2. The first-order chi connectivity index (χ1) is 10.2. The van der Waals surface area contributed by atoms with Gasteiger partial charge in [0.2, 0.25) is 5.09 Å². The molecular weight excluding hydrogens is 312 g/mol. The van der Waals surface area contributed by atoms with Crippen LogP contribution in [-0.4, -0.2) is 49.8 Å². The summed E-state index contributed by atoms with van der Waals surface area (Å²) in [5.74, 6) is -2.26. The fourth-order valence-electron chi connectivity index (χ4n) is 1.48. The average molecular weight is 330 g/mol. The van der Waals surface area contributed by atoms with Crippen LogP contribution in [0.15, 0.2) is 33.8 Å². The van der Waals surface area contributed by atoms with Crippen LogP contribution in [0.4, 0.5) is 0 Å². The summed E-state index contributed by atoms with van der Waals surface area (Å²) in [6.07, 6.45) is 3.38. The van der Waals surface area contributed by atoms with Crippen molar-refractivity contribution in [1.29, 1.82) is 0 Å². The van der Waals surface area contributed by atoms with E-state index in [2.05, 4.69) is 5.32 Å². The van der Waals surface area contributed by atoms with E-state index in [9.17, 15) is 18.0 Å². The lowest BCUT2D eigenvalue weighted by Gasteiger charge is -2.11. The molecule has 1 amide bonds. The molecule has 0 aliphatic carbocycles. The van der Waals surface area contributed by atoms with Crippen molar-refractivity contribution >= 4 is 21.9 Å². The van der Waals surface area contributed by atoms with Crippen LogP contribution in [0, 0.1) is 0 Å². The first-order valence-electron chi connectivity index (χ1n) is 6.37. The molecule has 1 aromatic rings. The second-order valence-electron chi connectivity index (χ2n) is 4.58. The standard InChI is InChI=1S/C13H18N2O6S/c1-4-5-6-9(13(17)18)14-12(16)10-7-8-11(21-10)22(19,20)15(2)3/h4-5,7-9H,6H2,1-3H3,(H,14,16)(H,17,18)/b5-4+. The Morgan fingerprint density at radius 1 is 1.41 bits per heavy atom. The van der Waals surface area contributed by atoms with Gasteiger partial charge in [0.15, 0.2) is 5.76 Å². The highest BCUT2D eigenvalue weighted by atomic mass is 32.2. The number of hydrogen-bond acceptors (Lipinski definition) is 5. The van der Waals surface area contributed by atoms with E-state index in [1.165, 1.54) is 20.2 Å². The van der Waals surface area contributed by atoms with E-state index in [4.69, 9.17) is 9.52 Å². The summed E-state index contributed by atoms with van der Waals surface area (Å²) in [5, 5.41) is 10.9. The first-order valence-corrected chi connectivity index (χ1v) is 7.81. The van der Waals surface area contributed by atoms with Gasteiger partial charge in [-0.2, -0.15) is 0 Å². The molecule has 2 N–H and O–H groups in total. The Labute approximate surface area is 128 Å². The summed E-state index contributed by atoms with van der Waals surface area (Å²) in [6.45, 7) is 1.73. The smallest absolute Gasteiger partial charge is 0.326 e. The maximum Gasteiger partial charge on any atom is 0.326 e. The SMILES string of the molecule is C/C=C/CC(NC(=O)c1ccc(S(=O)(=O)N(C)C)o1)C(=O)O. The van der Waals surface area contributed by atoms with E-state index in [-0.39, 0.29) is 17.3 Å². The van der Waals surface area contributed by atoms with Crippen LogP contribution in [0.1, 0.15) is 23.9 Å². The van der Waals surface area contributed by atoms with Crippen molar-refractivity contribution in [1.82, 2.24) is 9.62 Å². The highest BCUT2D eigenvalue weighted by Crippen LogP contribution is 2.17. The summed E-state index contributed by atoms with van der Waals surface area (Å²) in [4.78, 5) is 23.0. The number of carboxylic acid groups (broad SMARTS) is 1. The maximum atomic E-state index is 11.9. The number of furan rings is 1. The molecule has 1 heterocycles. The summed E-state index contributed by atoms with van der Waals surface area (Å²) < 4.78 is 29.6. The molecule has 1 rings (SSSR count). The Morgan fingerprint density at radius 2 is 2.05 bits per heavy atom. The van der Waals surface area contributed by atoms with Crippen molar-refractivity contribution in [2.24, 2.45) is 0 Å². The van der Waals surface area contributed by atoms with Gasteiger partial charge in [-0.25, -0.2) is 17.5 Å². The van der Waals surface area contributed by atoms with Crippen molar-refractivity contribution in [2.45, 2.75) is 24.5 Å². The molecular formula is C13H18N2O6S. The Hall–Kier alpha value is -2.13. The predicted octanol–water partition coefficient (Wildman–Crippen LogP) is 0.679. The van der Waals surface area contributed by atoms with Gasteiger partial charge in [-0.15, -0.1) is 0 Å². The molecule has 122 valence electrons. The van der Waals surface area contributed by atoms with Gasteiger partial charge in [-0.3, -0.25) is 4.79 Å². The van der Waals surface area contributed by atoms with Crippen molar-refractivity contribution in [3.8, 4) is 0 Å². The number of nitrogens with zero attached hydrogens (tertiary/aromatic N) is 1. The van der Waals surface area contributed by atoms with E-state index < -0.39 is 27.9 Å². The molecule has 0 saturated carbocycles. The lowest BCUT2D eigenvalue weighted by Crippen LogP contribution is -2.40. The van der Waals surface area contributed by atoms with Gasteiger partial charge in [0, 0.05) is 14.1 Å². The number of allylic oxidation sites excluding steroid dienone is 1. The minimum atomic E-state index is -3.79. The number of carbonyl (C=O) groups excluding carboxylic acids is 1. The summed E-state index contributed by atoms with van der Waals surface area (Å²) in [5.41, 5.74) is 0. The molecule has 0 aromatic carbocycles. The van der Waals surface area contributed by atoms with Crippen molar-refractivity contribution in [2.75, 3.05) is 14.1 Å². The van der Waals surface area contributed by atoms with E-state index in [1.807, 2.05) is 0 Å². The number of carbonyl (C=O) groups is 2. The largest absolute Gasteiger partial charge is 0.480 e. The van der Waals surface area contributed by atoms with Crippen LogP contribution >= 0.6 is 0 Å². The number of aliphatic carboxylic acids is 1. The molecule has 1 unspecified atom stereocenters. The predicted molar refractivity (Wildman–Crippen MR) is 77.9 cm³/mol. The molecule has 8 nitrogen and oxygen atoms in total. The van der Waals surface area contributed by atoms with Crippen molar-refractivity contribution in [3.63, 3.8) is 0 Å². The lowest BCUT2D eigenvalue weighted by molar-refractivity contribution is -0.139. The molecule has 0 aliphatic rings. The van der Waals surface area contributed by atoms with E-state index >= 15 is 0 Å². The topological polar surface area (TPSA) is 117 Å². The van der Waals surface area contributed by atoms with Gasteiger partial charge in [0.1, 0.15) is 6.04 Å². The molecule has 22 heavy (non-hydrogen) atoms. The summed E-state index contributed by atoms with van der Waals surface area (Å²) in [7, 11) is -1.13. The minimum Gasteiger partial charge on any atom is -0.480 e. The zero-order chi connectivity index (χ0) is 16.9. The van der Waals surface area contributed by atoms with Crippen LogP contribution < -0.4 is 5.32 Å². The summed E-state index contributed by atoms with van der Waals surface area (Å²) in [6, 6.07) is 1.20. The van der Waals surface area contributed by atoms with Gasteiger partial charge in [-0.05, 0) is 25.5 Å². The van der Waals surface area contributed by atoms with E-state index in [0.717, 1.165) is 10.4 Å². The molecule has 1 aromatic heterocycles. The monoisotopic (exact) mass is 330 g/mol. The third kappa shape index (κ3) is 4.18. The fourth-order valence-corrected chi connectivity index (χ4v) is 2.28. The molecule has 0 radical (unpaired) electrons. The second-order valence-corrected chi connectivity index (χ2v) is 6.66. The third-order valence-electron chi connectivity index (χ3n) is 2.75. The number of carboxylic acids is 1. The maximum absolute atomic E-state index is 11.9. The molecule has 1 atom stereocenters. The molecule has 0 spiro atoms. The van der Waals surface area contributed by atoms with Gasteiger partial charge < -0.3 is 14.8 Å². The summed E-state index contributed by atoms with van der Waals surface area (Å²) >= 11 is 0. The number of amides is 1. The van der Waals surface area contributed by atoms with E-state index in [0.29, 0.717) is 0 Å². The number of rotatable bonds is 7. The number of hydrogen-bond donors (Lipinski definition) is 2. The number of sulfonamides is 1. The third-order valence-corrected chi connectivity index (χ3v) is 4.44. The van der Waals surface area contributed by atoms with Crippen molar-refractivity contribution < 1.29 is 27.5 Å². The molecule has 9 heteroatoms. The Bertz CT molecular complexity index is 674. The Kier molecular flexibility index (Phi) is 5.89. The zero-order valence-electron chi connectivity index (χ0n) is 12.4. The average Bonchev–Trinajstić information content (AvgIpc) is 2.93. The molecule has 0 fully saturated rings. The minimum absolute atomic E-state index is 0.112. The molecule has 0 aliphatic heterocycles. The first kappa shape index (κ1) is 17.9. The van der Waals surface area contributed by atoms with Crippen LogP contribution in [0.3, 0.4) is 0 Å². The van der Waals surface area contributed by atoms with E-state index in [1.54, 1.807) is 19.1 Å². The van der Waals surface area contributed by atoms with Gasteiger partial charge in [0.05, 0.1) is 0 Å². The van der Waals surface area contributed by atoms with Crippen LogP contribution in [0.25, 0.3) is 0 Å². The van der Waals surface area contributed by atoms with Crippen LogP contribution in [-0.2, 0) is 14.8 Å². The Balaban J connectivity index is 2.91. The van der Waals surface area contributed by atoms with Gasteiger partial charge in [-0.1, -0.05) is 12.2 Å². The number of nitrogens with one attached hydrogen (secondary N) is 1. The van der Waals surface area contributed by atoms with Crippen molar-refractivity contribution in [3.05, 3.63) is 30.0 Å². The highest BCUT2D eigenvalue weighted by Gasteiger charge is 2.25. The zero-order valence-corrected chi connectivity index (χ0v) is 13.3. The normalized spacial score (nSPS) is 13.5. The van der Waals surface area contributed by atoms with Crippen LogP contribution in [0.5, 0.6) is 0 Å². The van der Waals surface area contributed by atoms with Crippen LogP contribution in [0.2, 0.25) is 0 Å². The second kappa shape index (κ2) is 7.23. The Morgan fingerprint density at radius 3 is 2.55 bits per heavy atom. The fraction of sp³-hybridized carbons (Fsp3) is 0.385. The van der Waals surface area contributed by atoms with Gasteiger partial charge >= 0.3 is 5.97 Å². The van der Waals surface area contributed by atoms with Gasteiger partial charge in [0.25, 0.3) is 15.9 Å².